The summed E-state index contributed by atoms with van der Waals surface area (Å²) in [5.74, 6) is 0.690. The molecule has 2 nitrogen and oxygen atoms in total. The molecule has 0 aromatic heterocycles. The summed E-state index contributed by atoms with van der Waals surface area (Å²) < 4.78 is 0. The van der Waals surface area contributed by atoms with Crippen LogP contribution in [-0.2, 0) is 0 Å². The lowest BCUT2D eigenvalue weighted by atomic mass is 9.94. The van der Waals surface area contributed by atoms with Crippen molar-refractivity contribution in [3.63, 3.8) is 0 Å². The molecule has 0 fully saturated rings. The Hall–Kier alpha value is -2.22. The summed E-state index contributed by atoms with van der Waals surface area (Å²) in [5.41, 5.74) is 5.74. The number of benzene rings is 2. The molecule has 1 N–H and O–H groups in total. The van der Waals surface area contributed by atoms with E-state index in [-0.39, 0.29) is 5.92 Å². The average molecular weight is 352 g/mol. The van der Waals surface area contributed by atoms with E-state index >= 15 is 0 Å². The molecular weight excluding hydrogens is 318 g/mol. The van der Waals surface area contributed by atoms with Gasteiger partial charge >= 0.3 is 0 Å². The van der Waals surface area contributed by atoms with Crippen LogP contribution >= 0.6 is 0 Å². The van der Waals surface area contributed by atoms with Crippen molar-refractivity contribution in [1.29, 1.82) is 0 Å². The monoisotopic (exact) mass is 351 g/mol. The Morgan fingerprint density at radius 3 is 2.08 bits per heavy atom. The highest BCUT2D eigenvalue weighted by Gasteiger charge is 2.19. The largest absolute Gasteiger partial charge is 0.505 e. The minimum Gasteiger partial charge on any atom is -0.505 e. The molecule has 0 aliphatic heterocycles. The summed E-state index contributed by atoms with van der Waals surface area (Å²) in [6.45, 7) is 16.4. The molecule has 2 heteroatoms. The van der Waals surface area contributed by atoms with E-state index in [0.717, 1.165) is 29.7 Å². The van der Waals surface area contributed by atoms with E-state index < -0.39 is 0 Å². The number of fused-ring (bicyclic) bond motifs is 1. The van der Waals surface area contributed by atoms with Crippen molar-refractivity contribution in [2.75, 3.05) is 18.0 Å². The quantitative estimate of drug-likeness (QED) is 0.584. The van der Waals surface area contributed by atoms with Crippen LogP contribution in [0, 0.1) is 6.92 Å². The van der Waals surface area contributed by atoms with E-state index in [0.29, 0.717) is 5.75 Å². The number of aryl methyl sites for hydroxylation is 1. The van der Waals surface area contributed by atoms with Crippen LogP contribution in [0.4, 0.5) is 5.69 Å². The van der Waals surface area contributed by atoms with Crippen molar-refractivity contribution in [1.82, 2.24) is 0 Å². The molecule has 0 aliphatic rings. The van der Waals surface area contributed by atoms with Gasteiger partial charge in [-0.25, -0.2) is 0 Å². The number of hydrogen-bond donors (Lipinski definition) is 1. The lowest BCUT2D eigenvalue weighted by Gasteiger charge is -2.27. The Balaban J connectivity index is 2.74. The number of phenolic OH excluding ortho intramolecular Hbond substituents is 1. The standard InChI is InChI=1S/C24H33NO/c1-16(2)10-12-25(13-11-17(3)4)23-22-14-19(7)8-9-20(22)15-21(18(5)6)24(23)26/h8-11,14-15,18,26H,12-13H2,1-7H3. The number of nitrogens with zero attached hydrogens (tertiary/aromatic N) is 1. The summed E-state index contributed by atoms with van der Waals surface area (Å²) in [6.07, 6.45) is 4.45. The van der Waals surface area contributed by atoms with Gasteiger partial charge < -0.3 is 10.0 Å². The Kier molecular flexibility index (Phi) is 6.52. The van der Waals surface area contributed by atoms with Gasteiger partial charge in [0, 0.05) is 18.5 Å². The lowest BCUT2D eigenvalue weighted by molar-refractivity contribution is 0.465. The third kappa shape index (κ3) is 4.69. The van der Waals surface area contributed by atoms with E-state index in [2.05, 4.69) is 89.8 Å². The number of aromatic hydroxyl groups is 1. The molecule has 0 radical (unpaired) electrons. The second-order valence-electron chi connectivity index (χ2n) is 8.01. The van der Waals surface area contributed by atoms with Crippen LogP contribution in [0.25, 0.3) is 10.8 Å². The normalized spacial score (nSPS) is 10.9. The first-order valence-corrected chi connectivity index (χ1v) is 9.48. The Morgan fingerprint density at radius 1 is 1.00 bits per heavy atom. The summed E-state index contributed by atoms with van der Waals surface area (Å²) >= 11 is 0. The molecule has 2 aromatic rings. The van der Waals surface area contributed by atoms with Crippen molar-refractivity contribution in [2.24, 2.45) is 0 Å². The van der Waals surface area contributed by atoms with Crippen LogP contribution in [0.5, 0.6) is 5.75 Å². The predicted octanol–water partition coefficient (Wildman–Crippen LogP) is 6.72. The number of rotatable bonds is 6. The molecular formula is C24H33NO. The average Bonchev–Trinajstić information content (AvgIpc) is 2.54. The Bertz CT molecular complexity index is 815. The van der Waals surface area contributed by atoms with E-state index in [1.54, 1.807) is 0 Å². The number of anilines is 1. The van der Waals surface area contributed by atoms with Crippen LogP contribution < -0.4 is 4.90 Å². The molecule has 2 aromatic carbocycles. The van der Waals surface area contributed by atoms with Gasteiger partial charge in [0.05, 0.1) is 5.69 Å². The van der Waals surface area contributed by atoms with Crippen molar-refractivity contribution in [3.8, 4) is 5.75 Å². The van der Waals surface area contributed by atoms with Crippen molar-refractivity contribution in [3.05, 3.63) is 58.7 Å². The minimum absolute atomic E-state index is 0.271. The summed E-state index contributed by atoms with van der Waals surface area (Å²) in [5, 5.41) is 13.5. The highest BCUT2D eigenvalue weighted by molar-refractivity contribution is 5.99. The zero-order valence-corrected chi connectivity index (χ0v) is 17.4. The molecule has 0 spiro atoms. The highest BCUT2D eigenvalue weighted by atomic mass is 16.3. The fourth-order valence-electron chi connectivity index (χ4n) is 3.10. The summed E-state index contributed by atoms with van der Waals surface area (Å²) in [6, 6.07) is 8.63. The van der Waals surface area contributed by atoms with Gasteiger partial charge in [0.2, 0.25) is 0 Å². The van der Waals surface area contributed by atoms with Crippen LogP contribution in [-0.4, -0.2) is 18.2 Å². The molecule has 26 heavy (non-hydrogen) atoms. The van der Waals surface area contributed by atoms with Gasteiger partial charge in [0.25, 0.3) is 0 Å². The van der Waals surface area contributed by atoms with E-state index in [1.807, 2.05) is 0 Å². The maximum Gasteiger partial charge on any atom is 0.143 e. The van der Waals surface area contributed by atoms with Crippen LogP contribution in [0.2, 0.25) is 0 Å². The first-order valence-electron chi connectivity index (χ1n) is 9.48. The zero-order valence-electron chi connectivity index (χ0n) is 17.4. The summed E-state index contributed by atoms with van der Waals surface area (Å²) in [7, 11) is 0. The van der Waals surface area contributed by atoms with Gasteiger partial charge in [0.15, 0.2) is 0 Å². The molecule has 0 unspecified atom stereocenters. The fourth-order valence-corrected chi connectivity index (χ4v) is 3.10. The minimum atomic E-state index is 0.271. The molecule has 0 atom stereocenters. The molecule has 0 bridgehead atoms. The second-order valence-corrected chi connectivity index (χ2v) is 8.01. The predicted molar refractivity (Wildman–Crippen MR) is 116 cm³/mol. The molecule has 0 aliphatic carbocycles. The van der Waals surface area contributed by atoms with Gasteiger partial charge in [-0.15, -0.1) is 0 Å². The van der Waals surface area contributed by atoms with Crippen LogP contribution in [0.1, 0.15) is 58.6 Å². The number of allylic oxidation sites excluding steroid dienone is 2. The SMILES string of the molecule is CC(C)=CCN(CC=C(C)C)c1c(O)c(C(C)C)cc2ccc(C)cc12. The van der Waals surface area contributed by atoms with Crippen molar-refractivity contribution in [2.45, 2.75) is 54.4 Å². The fraction of sp³-hybridized carbons (Fsp3) is 0.417. The molecule has 0 saturated carbocycles. The first kappa shape index (κ1) is 20.1. The number of phenols is 1. The van der Waals surface area contributed by atoms with Gasteiger partial charge in [-0.2, -0.15) is 0 Å². The topological polar surface area (TPSA) is 23.5 Å². The van der Waals surface area contributed by atoms with Gasteiger partial charge in [-0.3, -0.25) is 0 Å². The van der Waals surface area contributed by atoms with Gasteiger partial charge in [-0.05, 0) is 63.6 Å². The molecule has 2 rings (SSSR count). The Morgan fingerprint density at radius 2 is 1.58 bits per heavy atom. The van der Waals surface area contributed by atoms with Crippen LogP contribution in [0.3, 0.4) is 0 Å². The third-order valence-corrected chi connectivity index (χ3v) is 4.65. The second kappa shape index (κ2) is 8.44. The molecule has 0 heterocycles. The smallest absolute Gasteiger partial charge is 0.143 e. The third-order valence-electron chi connectivity index (χ3n) is 4.65. The lowest BCUT2D eigenvalue weighted by Crippen LogP contribution is -2.24. The van der Waals surface area contributed by atoms with Crippen LogP contribution in [0.15, 0.2) is 47.6 Å². The van der Waals surface area contributed by atoms with E-state index in [1.165, 1.54) is 22.1 Å². The van der Waals surface area contributed by atoms with Gasteiger partial charge in [0.1, 0.15) is 5.75 Å². The molecule has 0 amide bonds. The van der Waals surface area contributed by atoms with Crippen molar-refractivity contribution >= 4 is 16.5 Å². The highest BCUT2D eigenvalue weighted by Crippen LogP contribution is 2.42. The molecule has 0 saturated heterocycles. The zero-order chi connectivity index (χ0) is 19.4. The molecule has 140 valence electrons. The Labute approximate surface area is 158 Å². The maximum atomic E-state index is 11.2. The van der Waals surface area contributed by atoms with E-state index in [9.17, 15) is 5.11 Å². The van der Waals surface area contributed by atoms with Crippen molar-refractivity contribution < 1.29 is 5.11 Å². The maximum absolute atomic E-state index is 11.2. The number of hydrogen-bond acceptors (Lipinski definition) is 2. The van der Waals surface area contributed by atoms with E-state index in [4.69, 9.17) is 0 Å². The first-order chi connectivity index (χ1) is 12.2. The summed E-state index contributed by atoms with van der Waals surface area (Å²) in [4.78, 5) is 2.28. The van der Waals surface area contributed by atoms with Gasteiger partial charge in [-0.1, -0.05) is 54.8 Å².